The summed E-state index contributed by atoms with van der Waals surface area (Å²) < 4.78 is 5.32. The molecule has 0 aromatic carbocycles. The van der Waals surface area contributed by atoms with E-state index < -0.39 is 11.9 Å². The molecule has 6 nitrogen and oxygen atoms in total. The minimum atomic E-state index is -0.889. The number of ether oxygens (including phenoxy) is 1. The number of carbonyl (C=O) groups excluding carboxylic acids is 1. The lowest BCUT2D eigenvalue weighted by atomic mass is 9.83. The van der Waals surface area contributed by atoms with E-state index in [1.807, 2.05) is 6.92 Å². The number of rotatable bonds is 5. The fraction of sp³-hybridized carbons (Fsp3) is 0.867. The van der Waals surface area contributed by atoms with Gasteiger partial charge in [0.25, 0.3) is 0 Å². The molecular weight excluding hydrogens is 272 g/mol. The Labute approximate surface area is 125 Å². The fourth-order valence-electron chi connectivity index (χ4n) is 3.45. The Bertz CT molecular complexity index is 388. The van der Waals surface area contributed by atoms with E-state index >= 15 is 0 Å². The van der Waals surface area contributed by atoms with E-state index in [4.69, 9.17) is 10.5 Å². The van der Waals surface area contributed by atoms with Gasteiger partial charge in [0.05, 0.1) is 25.2 Å². The maximum absolute atomic E-state index is 12.9. The molecule has 21 heavy (non-hydrogen) atoms. The molecule has 3 N–H and O–H groups in total. The van der Waals surface area contributed by atoms with Crippen LogP contribution in [-0.2, 0) is 14.3 Å². The molecule has 1 aliphatic carbocycles. The molecular formula is C15H26N2O4. The van der Waals surface area contributed by atoms with Crippen molar-refractivity contribution in [2.24, 2.45) is 17.6 Å². The third-order valence-electron chi connectivity index (χ3n) is 4.65. The number of carbonyl (C=O) groups is 2. The summed E-state index contributed by atoms with van der Waals surface area (Å²) in [6, 6.07) is -0.458. The number of aliphatic carboxylic acids is 1. The van der Waals surface area contributed by atoms with Crippen LogP contribution < -0.4 is 5.73 Å². The molecule has 1 saturated carbocycles. The van der Waals surface area contributed by atoms with Crippen molar-refractivity contribution in [1.29, 1.82) is 0 Å². The minimum Gasteiger partial charge on any atom is -0.481 e. The van der Waals surface area contributed by atoms with Crippen molar-refractivity contribution in [3.63, 3.8) is 0 Å². The van der Waals surface area contributed by atoms with E-state index in [0.29, 0.717) is 13.2 Å². The Morgan fingerprint density at radius 3 is 2.57 bits per heavy atom. The van der Waals surface area contributed by atoms with Crippen LogP contribution in [0.25, 0.3) is 0 Å². The van der Waals surface area contributed by atoms with Crippen LogP contribution in [0.15, 0.2) is 0 Å². The summed E-state index contributed by atoms with van der Waals surface area (Å²) in [4.78, 5) is 25.9. The molecule has 0 bridgehead atoms. The lowest BCUT2D eigenvalue weighted by molar-refractivity contribution is -0.146. The van der Waals surface area contributed by atoms with E-state index in [-0.39, 0.29) is 30.5 Å². The average molecular weight is 298 g/mol. The van der Waals surface area contributed by atoms with Gasteiger partial charge in [0.15, 0.2) is 0 Å². The van der Waals surface area contributed by atoms with Gasteiger partial charge in [-0.25, -0.2) is 0 Å². The first-order valence-electron chi connectivity index (χ1n) is 7.92. The zero-order valence-electron chi connectivity index (χ0n) is 12.7. The second-order valence-corrected chi connectivity index (χ2v) is 6.14. The highest BCUT2D eigenvalue weighted by Crippen LogP contribution is 2.28. The Morgan fingerprint density at radius 2 is 1.95 bits per heavy atom. The van der Waals surface area contributed by atoms with Gasteiger partial charge in [-0.05, 0) is 19.3 Å². The Morgan fingerprint density at radius 1 is 1.24 bits per heavy atom. The summed E-state index contributed by atoms with van der Waals surface area (Å²) in [7, 11) is 0. The van der Waals surface area contributed by atoms with Crippen molar-refractivity contribution in [2.45, 2.75) is 51.1 Å². The number of hydrogen-bond acceptors (Lipinski definition) is 4. The molecule has 1 heterocycles. The van der Waals surface area contributed by atoms with Crippen molar-refractivity contribution in [1.82, 2.24) is 4.90 Å². The van der Waals surface area contributed by atoms with Gasteiger partial charge in [0.2, 0.25) is 5.91 Å². The van der Waals surface area contributed by atoms with Crippen molar-refractivity contribution in [3.05, 3.63) is 0 Å². The van der Waals surface area contributed by atoms with Gasteiger partial charge < -0.3 is 20.5 Å². The van der Waals surface area contributed by atoms with Gasteiger partial charge in [-0.1, -0.05) is 19.8 Å². The lowest BCUT2D eigenvalue weighted by Crippen LogP contribution is -2.52. The third kappa shape index (κ3) is 3.55. The highest BCUT2D eigenvalue weighted by molar-refractivity contribution is 5.81. The maximum atomic E-state index is 12.9. The number of nitrogens with zero attached hydrogens (tertiary/aromatic N) is 1. The Kier molecular flexibility index (Phi) is 5.58. The largest absolute Gasteiger partial charge is 0.481 e. The molecule has 1 saturated heterocycles. The normalized spacial score (nSPS) is 32.9. The van der Waals surface area contributed by atoms with Crippen molar-refractivity contribution < 1.29 is 19.4 Å². The molecule has 2 aliphatic rings. The molecule has 0 spiro atoms. The average Bonchev–Trinajstić information content (AvgIpc) is 2.94. The highest BCUT2D eigenvalue weighted by atomic mass is 16.5. The van der Waals surface area contributed by atoms with Crippen LogP contribution in [0, 0.1) is 11.8 Å². The molecule has 0 aromatic rings. The van der Waals surface area contributed by atoms with E-state index in [1.165, 1.54) is 0 Å². The molecule has 0 radical (unpaired) electrons. The third-order valence-corrected chi connectivity index (χ3v) is 4.65. The van der Waals surface area contributed by atoms with Crippen LogP contribution >= 0.6 is 0 Å². The number of amides is 1. The summed E-state index contributed by atoms with van der Waals surface area (Å²) >= 11 is 0. The summed E-state index contributed by atoms with van der Waals surface area (Å²) in [5.41, 5.74) is 6.11. The van der Waals surface area contributed by atoms with Crippen LogP contribution in [0.3, 0.4) is 0 Å². The topological polar surface area (TPSA) is 92.9 Å². The number of nitrogens with two attached hydrogens (primary N) is 1. The first-order valence-corrected chi connectivity index (χ1v) is 7.92. The lowest BCUT2D eigenvalue weighted by Gasteiger charge is -2.36. The summed E-state index contributed by atoms with van der Waals surface area (Å²) in [5, 5.41) is 9.30. The summed E-state index contributed by atoms with van der Waals surface area (Å²) in [6.45, 7) is 3.06. The molecule has 0 aromatic heterocycles. The molecule has 1 amide bonds. The molecule has 120 valence electrons. The first-order chi connectivity index (χ1) is 10.1. The summed E-state index contributed by atoms with van der Waals surface area (Å²) in [5.74, 6) is -1.66. The molecule has 2 fully saturated rings. The SMILES string of the molecule is CCCN(C(=O)C1CCCCC1N)C1COCC1C(=O)O. The summed E-state index contributed by atoms with van der Waals surface area (Å²) in [6.07, 6.45) is 4.58. The fourth-order valence-corrected chi connectivity index (χ4v) is 3.45. The van der Waals surface area contributed by atoms with Gasteiger partial charge in [-0.3, -0.25) is 9.59 Å². The smallest absolute Gasteiger partial charge is 0.311 e. The predicted octanol–water partition coefficient (Wildman–Crippen LogP) is 0.842. The van der Waals surface area contributed by atoms with Crippen LogP contribution in [0.5, 0.6) is 0 Å². The van der Waals surface area contributed by atoms with Crippen LogP contribution in [0.2, 0.25) is 0 Å². The predicted molar refractivity (Wildman–Crippen MR) is 77.7 cm³/mol. The first kappa shape index (κ1) is 16.2. The van der Waals surface area contributed by atoms with E-state index in [2.05, 4.69) is 0 Å². The van der Waals surface area contributed by atoms with E-state index in [9.17, 15) is 14.7 Å². The zero-order chi connectivity index (χ0) is 15.4. The number of carboxylic acid groups (broad SMARTS) is 1. The standard InChI is InChI=1S/C15H26N2O4/c1-2-7-17(13-9-21-8-11(13)15(19)20)14(18)10-5-3-4-6-12(10)16/h10-13H,2-9,16H2,1H3,(H,19,20). The van der Waals surface area contributed by atoms with Gasteiger partial charge >= 0.3 is 5.97 Å². The van der Waals surface area contributed by atoms with Crippen LogP contribution in [0.1, 0.15) is 39.0 Å². The molecule has 1 aliphatic heterocycles. The van der Waals surface area contributed by atoms with E-state index in [1.54, 1.807) is 4.90 Å². The molecule has 4 atom stereocenters. The monoisotopic (exact) mass is 298 g/mol. The zero-order valence-corrected chi connectivity index (χ0v) is 12.7. The second-order valence-electron chi connectivity index (χ2n) is 6.14. The Hall–Kier alpha value is -1.14. The highest BCUT2D eigenvalue weighted by Gasteiger charge is 2.42. The minimum absolute atomic E-state index is 0.0193. The van der Waals surface area contributed by atoms with Crippen molar-refractivity contribution in [2.75, 3.05) is 19.8 Å². The van der Waals surface area contributed by atoms with Gasteiger partial charge in [0.1, 0.15) is 5.92 Å². The number of hydrogen-bond donors (Lipinski definition) is 2. The van der Waals surface area contributed by atoms with Crippen LogP contribution in [0.4, 0.5) is 0 Å². The molecule has 2 rings (SSSR count). The van der Waals surface area contributed by atoms with Gasteiger partial charge in [-0.2, -0.15) is 0 Å². The van der Waals surface area contributed by atoms with Crippen LogP contribution in [-0.4, -0.2) is 53.7 Å². The molecule has 6 heteroatoms. The Balaban J connectivity index is 2.13. The van der Waals surface area contributed by atoms with Gasteiger partial charge in [-0.15, -0.1) is 0 Å². The quantitative estimate of drug-likeness (QED) is 0.784. The maximum Gasteiger partial charge on any atom is 0.311 e. The van der Waals surface area contributed by atoms with Crippen molar-refractivity contribution >= 4 is 11.9 Å². The number of carboxylic acids is 1. The second kappa shape index (κ2) is 7.22. The van der Waals surface area contributed by atoms with Gasteiger partial charge in [0, 0.05) is 12.6 Å². The van der Waals surface area contributed by atoms with E-state index in [0.717, 1.165) is 32.1 Å². The van der Waals surface area contributed by atoms with Crippen molar-refractivity contribution in [3.8, 4) is 0 Å². The molecule has 4 unspecified atom stereocenters.